The van der Waals surface area contributed by atoms with Gasteiger partial charge in [-0.05, 0) is 40.7 Å². The van der Waals surface area contributed by atoms with Crippen LogP contribution in [0.15, 0.2) is 0 Å². The van der Waals surface area contributed by atoms with Gasteiger partial charge in [-0.2, -0.15) is 0 Å². The monoisotopic (exact) mass is 304 g/mol. The zero-order valence-electron chi connectivity index (χ0n) is 13.6. The van der Waals surface area contributed by atoms with Gasteiger partial charge in [-0.3, -0.25) is 0 Å². The molecule has 1 rings (SSSR count). The Labute approximate surface area is 125 Å². The molecule has 1 saturated heterocycles. The molecule has 20 heavy (non-hydrogen) atoms. The molecule has 120 valence electrons. The van der Waals surface area contributed by atoms with E-state index in [2.05, 4.69) is 17.3 Å². The van der Waals surface area contributed by atoms with Crippen molar-refractivity contribution in [2.75, 3.05) is 46.5 Å². The molecule has 1 fully saturated rings. The molecule has 0 amide bonds. The number of piperazine rings is 1. The first kappa shape index (κ1) is 18.1. The summed E-state index contributed by atoms with van der Waals surface area (Å²) in [7, 11) is -0.229. The topological polar surface area (TPSA) is 43.0 Å². The molecule has 1 aliphatic heterocycles. The fourth-order valence-corrected chi connectivity index (χ4v) is 5.38. The fraction of sp³-hybridized carbons (Fsp3) is 1.00. The third-order valence-corrected chi connectivity index (χ3v) is 6.91. The highest BCUT2D eigenvalue weighted by Crippen LogP contribution is 2.21. The number of likely N-dealkylation sites (N-methyl/N-ethyl adjacent to an activating group) is 1. The predicted octanol–water partition coefficient (Wildman–Crippen LogP) is 1.72. The Balaban J connectivity index is 2.43. The second-order valence-electron chi connectivity index (χ2n) is 5.21. The molecule has 0 aromatic carbocycles. The molecule has 5 nitrogen and oxygen atoms in total. The normalized spacial score (nSPS) is 21.3. The number of hydrogen-bond acceptors (Lipinski definition) is 5. The van der Waals surface area contributed by atoms with Crippen molar-refractivity contribution >= 4 is 8.80 Å². The SMILES string of the molecule is CCO[Si](CCCC1CNCCN1C)(OCC)OCC. The lowest BCUT2D eigenvalue weighted by atomic mass is 10.1. The van der Waals surface area contributed by atoms with Crippen molar-refractivity contribution in [2.24, 2.45) is 0 Å². The smallest absolute Gasteiger partial charge is 0.374 e. The van der Waals surface area contributed by atoms with Crippen LogP contribution >= 0.6 is 0 Å². The summed E-state index contributed by atoms with van der Waals surface area (Å²) >= 11 is 0. The van der Waals surface area contributed by atoms with Gasteiger partial charge in [0.25, 0.3) is 0 Å². The van der Waals surface area contributed by atoms with Crippen molar-refractivity contribution in [3.8, 4) is 0 Å². The summed E-state index contributed by atoms with van der Waals surface area (Å²) in [5, 5.41) is 3.46. The molecule has 0 radical (unpaired) electrons. The second-order valence-corrected chi connectivity index (χ2v) is 7.94. The molecule has 1 heterocycles. The summed E-state index contributed by atoms with van der Waals surface area (Å²) in [5.41, 5.74) is 0. The van der Waals surface area contributed by atoms with Crippen LogP contribution in [0.5, 0.6) is 0 Å². The van der Waals surface area contributed by atoms with Crippen LogP contribution in [0.1, 0.15) is 33.6 Å². The third-order valence-electron chi connectivity index (χ3n) is 3.76. The number of rotatable bonds is 10. The van der Waals surface area contributed by atoms with Crippen molar-refractivity contribution in [3.05, 3.63) is 0 Å². The maximum atomic E-state index is 5.89. The van der Waals surface area contributed by atoms with Crippen LogP contribution in [0.4, 0.5) is 0 Å². The first-order valence-electron chi connectivity index (χ1n) is 8.00. The van der Waals surface area contributed by atoms with Crippen LogP contribution in [-0.2, 0) is 13.3 Å². The fourth-order valence-electron chi connectivity index (χ4n) is 2.74. The van der Waals surface area contributed by atoms with E-state index in [1.807, 2.05) is 20.8 Å². The van der Waals surface area contributed by atoms with Gasteiger partial charge in [0.15, 0.2) is 0 Å². The Kier molecular flexibility index (Phi) is 8.91. The van der Waals surface area contributed by atoms with Gasteiger partial charge in [0.2, 0.25) is 0 Å². The van der Waals surface area contributed by atoms with E-state index < -0.39 is 8.80 Å². The Morgan fingerprint density at radius 2 is 1.70 bits per heavy atom. The molecule has 1 atom stereocenters. The minimum absolute atomic E-state index is 0.625. The van der Waals surface area contributed by atoms with Gasteiger partial charge >= 0.3 is 8.80 Å². The van der Waals surface area contributed by atoms with E-state index in [0.29, 0.717) is 25.9 Å². The van der Waals surface area contributed by atoms with E-state index in [4.69, 9.17) is 13.3 Å². The quantitative estimate of drug-likeness (QED) is 0.623. The van der Waals surface area contributed by atoms with Gasteiger partial charge in [-0.25, -0.2) is 0 Å². The molecule has 0 aliphatic carbocycles. The minimum Gasteiger partial charge on any atom is -0.374 e. The summed E-state index contributed by atoms with van der Waals surface area (Å²) in [5.74, 6) is 0. The number of hydrogen-bond donors (Lipinski definition) is 1. The molecule has 0 saturated carbocycles. The van der Waals surface area contributed by atoms with E-state index in [-0.39, 0.29) is 0 Å². The van der Waals surface area contributed by atoms with Crippen molar-refractivity contribution in [3.63, 3.8) is 0 Å². The first-order chi connectivity index (χ1) is 9.67. The number of nitrogens with zero attached hydrogens (tertiary/aromatic N) is 1. The summed E-state index contributed by atoms with van der Waals surface area (Å²) in [6, 6.07) is 1.55. The van der Waals surface area contributed by atoms with Crippen molar-refractivity contribution in [1.82, 2.24) is 10.2 Å². The highest BCUT2D eigenvalue weighted by Gasteiger charge is 2.39. The Hall–Kier alpha value is 0.0169. The Bertz CT molecular complexity index is 240. The van der Waals surface area contributed by atoms with Gasteiger partial charge in [0, 0.05) is 51.5 Å². The van der Waals surface area contributed by atoms with Crippen molar-refractivity contribution in [1.29, 1.82) is 0 Å². The van der Waals surface area contributed by atoms with Crippen LogP contribution in [0.2, 0.25) is 6.04 Å². The predicted molar refractivity (Wildman–Crippen MR) is 84.0 cm³/mol. The molecular weight excluding hydrogens is 272 g/mol. The molecule has 0 aromatic heterocycles. The van der Waals surface area contributed by atoms with Crippen LogP contribution in [0.3, 0.4) is 0 Å². The Morgan fingerprint density at radius 1 is 1.10 bits per heavy atom. The van der Waals surface area contributed by atoms with Crippen molar-refractivity contribution < 1.29 is 13.3 Å². The standard InChI is InChI=1S/C14H32N2O3Si/c1-5-17-20(18-6-2,19-7-3)12-8-9-14-13-15-10-11-16(14)4/h14-15H,5-13H2,1-4H3. The van der Waals surface area contributed by atoms with Gasteiger partial charge in [-0.15, -0.1) is 0 Å². The van der Waals surface area contributed by atoms with E-state index in [9.17, 15) is 0 Å². The highest BCUT2D eigenvalue weighted by molar-refractivity contribution is 6.60. The van der Waals surface area contributed by atoms with Gasteiger partial charge in [0.05, 0.1) is 0 Å². The van der Waals surface area contributed by atoms with Crippen LogP contribution in [0, 0.1) is 0 Å². The highest BCUT2D eigenvalue weighted by atomic mass is 28.4. The van der Waals surface area contributed by atoms with Gasteiger partial charge < -0.3 is 23.5 Å². The van der Waals surface area contributed by atoms with Crippen LogP contribution < -0.4 is 5.32 Å². The van der Waals surface area contributed by atoms with Crippen LogP contribution in [-0.4, -0.2) is 66.2 Å². The molecule has 0 bridgehead atoms. The molecule has 6 heteroatoms. The van der Waals surface area contributed by atoms with Gasteiger partial charge in [-0.1, -0.05) is 0 Å². The molecule has 0 aromatic rings. The average Bonchev–Trinajstić information content (AvgIpc) is 2.42. The number of nitrogens with one attached hydrogen (secondary N) is 1. The molecule has 1 aliphatic rings. The summed E-state index contributed by atoms with van der Waals surface area (Å²) in [6.07, 6.45) is 2.27. The summed E-state index contributed by atoms with van der Waals surface area (Å²) in [6.45, 7) is 11.3. The zero-order chi connectivity index (χ0) is 14.8. The van der Waals surface area contributed by atoms with Gasteiger partial charge in [0.1, 0.15) is 0 Å². The second kappa shape index (κ2) is 9.86. The van der Waals surface area contributed by atoms with E-state index in [0.717, 1.165) is 32.1 Å². The first-order valence-corrected chi connectivity index (χ1v) is 9.93. The lowest BCUT2D eigenvalue weighted by Crippen LogP contribution is -2.50. The Morgan fingerprint density at radius 3 is 2.20 bits per heavy atom. The maximum absolute atomic E-state index is 5.89. The molecule has 0 spiro atoms. The zero-order valence-corrected chi connectivity index (χ0v) is 14.6. The lowest BCUT2D eigenvalue weighted by Gasteiger charge is -2.34. The molecular formula is C14H32N2O3Si. The lowest BCUT2D eigenvalue weighted by molar-refractivity contribution is 0.0697. The average molecular weight is 305 g/mol. The van der Waals surface area contributed by atoms with E-state index in [1.54, 1.807) is 0 Å². The minimum atomic E-state index is -2.44. The maximum Gasteiger partial charge on any atom is 0.500 e. The van der Waals surface area contributed by atoms with E-state index in [1.165, 1.54) is 6.42 Å². The molecule has 1 unspecified atom stereocenters. The van der Waals surface area contributed by atoms with Crippen LogP contribution in [0.25, 0.3) is 0 Å². The largest absolute Gasteiger partial charge is 0.500 e. The summed E-state index contributed by atoms with van der Waals surface area (Å²) in [4.78, 5) is 2.45. The van der Waals surface area contributed by atoms with Crippen molar-refractivity contribution in [2.45, 2.75) is 45.7 Å². The van der Waals surface area contributed by atoms with E-state index >= 15 is 0 Å². The summed E-state index contributed by atoms with van der Waals surface area (Å²) < 4.78 is 17.7. The third kappa shape index (κ3) is 5.79. The molecule has 1 N–H and O–H groups in total.